The minimum absolute atomic E-state index is 0.257. The lowest BCUT2D eigenvalue weighted by molar-refractivity contribution is 0.227. The lowest BCUT2D eigenvalue weighted by Crippen LogP contribution is -2.32. The van der Waals surface area contributed by atoms with Crippen LogP contribution in [0.15, 0.2) is 11.1 Å². The second-order valence-electron chi connectivity index (χ2n) is 5.37. The summed E-state index contributed by atoms with van der Waals surface area (Å²) >= 11 is 0. The van der Waals surface area contributed by atoms with Crippen molar-refractivity contribution < 1.29 is 8.42 Å². The van der Waals surface area contributed by atoms with E-state index < -0.39 is 9.84 Å². The molecule has 0 aromatic carbocycles. The first-order valence-corrected chi connectivity index (χ1v) is 8.83. The summed E-state index contributed by atoms with van der Waals surface area (Å²) in [5.41, 5.74) is 0.788. The zero-order valence-corrected chi connectivity index (χ0v) is 12.7. The molecule has 1 fully saturated rings. The number of hydrogen-bond acceptors (Lipinski definition) is 4. The number of likely N-dealkylation sites (tertiary alicyclic amines) is 1. The summed E-state index contributed by atoms with van der Waals surface area (Å²) in [7, 11) is -3.19. The first-order valence-electron chi connectivity index (χ1n) is 6.94. The number of sulfone groups is 1. The number of aromatic amines is 1. The van der Waals surface area contributed by atoms with E-state index in [1.165, 1.54) is 12.5 Å². The van der Waals surface area contributed by atoms with Crippen molar-refractivity contribution in [1.29, 1.82) is 0 Å². The summed E-state index contributed by atoms with van der Waals surface area (Å²) in [6, 6.07) is 0.606. The fourth-order valence-electron chi connectivity index (χ4n) is 3.03. The van der Waals surface area contributed by atoms with Gasteiger partial charge in [0.05, 0.1) is 11.9 Å². The predicted molar refractivity (Wildman–Crippen MR) is 75.0 cm³/mol. The fraction of sp³-hybridized carbons (Fsp3) is 0.769. The fourth-order valence-corrected chi connectivity index (χ4v) is 3.89. The van der Waals surface area contributed by atoms with Crippen LogP contribution in [0.3, 0.4) is 0 Å². The van der Waals surface area contributed by atoms with Crippen LogP contribution in [0.4, 0.5) is 0 Å². The molecule has 0 radical (unpaired) electrons. The maximum absolute atomic E-state index is 11.7. The maximum atomic E-state index is 11.7. The molecule has 6 heteroatoms. The molecular weight excluding hydrogens is 262 g/mol. The third kappa shape index (κ3) is 3.00. The molecule has 1 saturated heterocycles. The number of aromatic nitrogens is 2. The molecule has 108 valence electrons. The molecule has 1 aliphatic rings. The van der Waals surface area contributed by atoms with Gasteiger partial charge < -0.3 is 0 Å². The lowest BCUT2D eigenvalue weighted by Gasteiger charge is -2.25. The highest BCUT2D eigenvalue weighted by atomic mass is 32.2. The molecule has 0 unspecified atom stereocenters. The van der Waals surface area contributed by atoms with Crippen molar-refractivity contribution in [3.8, 4) is 0 Å². The van der Waals surface area contributed by atoms with Crippen molar-refractivity contribution in [2.45, 2.75) is 50.0 Å². The molecule has 2 rings (SSSR count). The van der Waals surface area contributed by atoms with Gasteiger partial charge >= 0.3 is 0 Å². The summed E-state index contributed by atoms with van der Waals surface area (Å²) in [5, 5.41) is 6.81. The van der Waals surface area contributed by atoms with Gasteiger partial charge in [0.25, 0.3) is 0 Å². The standard InChI is InChI=1S/C13H23N3O2S/c1-4-11(5-2)16-7-6-10(9-16)13-12(8-14-15-13)19(3,17)18/h8,10-11H,4-7,9H2,1-3H3,(H,14,15)/t10-/m1/s1. The van der Waals surface area contributed by atoms with Crippen molar-refractivity contribution in [3.63, 3.8) is 0 Å². The minimum atomic E-state index is -3.19. The van der Waals surface area contributed by atoms with Crippen molar-refractivity contribution in [1.82, 2.24) is 15.1 Å². The number of nitrogens with one attached hydrogen (secondary N) is 1. The highest BCUT2D eigenvalue weighted by molar-refractivity contribution is 7.90. The Labute approximate surface area is 115 Å². The second-order valence-corrected chi connectivity index (χ2v) is 7.36. The third-order valence-corrected chi connectivity index (χ3v) is 5.24. The smallest absolute Gasteiger partial charge is 0.178 e. The van der Waals surface area contributed by atoms with Crippen LogP contribution in [0.25, 0.3) is 0 Å². The molecule has 0 aliphatic carbocycles. The zero-order valence-electron chi connectivity index (χ0n) is 11.9. The van der Waals surface area contributed by atoms with Crippen LogP contribution >= 0.6 is 0 Å². The topological polar surface area (TPSA) is 66.1 Å². The highest BCUT2D eigenvalue weighted by Gasteiger charge is 2.31. The quantitative estimate of drug-likeness (QED) is 0.895. The van der Waals surface area contributed by atoms with E-state index in [4.69, 9.17) is 0 Å². The van der Waals surface area contributed by atoms with Gasteiger partial charge in [-0.3, -0.25) is 10.00 Å². The molecule has 1 N–H and O–H groups in total. The van der Waals surface area contributed by atoms with Crippen molar-refractivity contribution in [2.75, 3.05) is 19.3 Å². The van der Waals surface area contributed by atoms with Crippen LogP contribution in [0.1, 0.15) is 44.7 Å². The van der Waals surface area contributed by atoms with Gasteiger partial charge in [-0.05, 0) is 25.8 Å². The molecule has 1 aliphatic heterocycles. The summed E-state index contributed by atoms with van der Waals surface area (Å²) in [6.45, 7) is 6.38. The number of rotatable bonds is 5. The molecule has 19 heavy (non-hydrogen) atoms. The Bertz CT molecular complexity index is 520. The zero-order chi connectivity index (χ0) is 14.0. The van der Waals surface area contributed by atoms with Crippen LogP contribution in [0, 0.1) is 0 Å². The molecule has 2 heterocycles. The van der Waals surface area contributed by atoms with E-state index in [2.05, 4.69) is 28.9 Å². The largest absolute Gasteiger partial charge is 0.300 e. The van der Waals surface area contributed by atoms with Crippen LogP contribution < -0.4 is 0 Å². The molecule has 1 aromatic heterocycles. The van der Waals surface area contributed by atoms with E-state index in [9.17, 15) is 8.42 Å². The lowest BCUT2D eigenvalue weighted by atomic mass is 10.1. The molecular formula is C13H23N3O2S. The second kappa shape index (κ2) is 5.63. The first-order chi connectivity index (χ1) is 8.97. The van der Waals surface area contributed by atoms with Crippen molar-refractivity contribution >= 4 is 9.84 Å². The van der Waals surface area contributed by atoms with Gasteiger partial charge in [0.15, 0.2) is 9.84 Å². The Morgan fingerprint density at radius 1 is 1.47 bits per heavy atom. The molecule has 0 bridgehead atoms. The Hall–Kier alpha value is -0.880. The van der Waals surface area contributed by atoms with Gasteiger partial charge in [-0.2, -0.15) is 5.10 Å². The molecule has 5 nitrogen and oxygen atoms in total. The van der Waals surface area contributed by atoms with Gasteiger partial charge in [0.2, 0.25) is 0 Å². The van der Waals surface area contributed by atoms with E-state index in [1.54, 1.807) is 0 Å². The third-order valence-electron chi connectivity index (χ3n) is 4.12. The Balaban J connectivity index is 2.16. The van der Waals surface area contributed by atoms with Gasteiger partial charge in [-0.25, -0.2) is 8.42 Å². The molecule has 0 saturated carbocycles. The Morgan fingerprint density at radius 2 is 2.16 bits per heavy atom. The van der Waals surface area contributed by atoms with Crippen LogP contribution in [-0.2, 0) is 9.84 Å². The number of hydrogen-bond donors (Lipinski definition) is 1. The monoisotopic (exact) mass is 285 g/mol. The van der Waals surface area contributed by atoms with Crippen LogP contribution in [0.5, 0.6) is 0 Å². The molecule has 0 spiro atoms. The van der Waals surface area contributed by atoms with Gasteiger partial charge in [-0.1, -0.05) is 13.8 Å². The van der Waals surface area contributed by atoms with Crippen molar-refractivity contribution in [2.24, 2.45) is 0 Å². The van der Waals surface area contributed by atoms with Gasteiger partial charge in [-0.15, -0.1) is 0 Å². The van der Waals surface area contributed by atoms with Crippen LogP contribution in [-0.4, -0.2) is 48.9 Å². The maximum Gasteiger partial charge on any atom is 0.178 e. The average Bonchev–Trinajstić information content (AvgIpc) is 2.97. The summed E-state index contributed by atoms with van der Waals surface area (Å²) < 4.78 is 23.5. The van der Waals surface area contributed by atoms with E-state index in [0.29, 0.717) is 10.9 Å². The summed E-state index contributed by atoms with van der Waals surface area (Å²) in [6.07, 6.45) is 5.97. The highest BCUT2D eigenvalue weighted by Crippen LogP contribution is 2.31. The average molecular weight is 285 g/mol. The molecule has 1 atom stereocenters. The number of H-pyrrole nitrogens is 1. The van der Waals surface area contributed by atoms with Gasteiger partial charge in [0.1, 0.15) is 4.90 Å². The van der Waals surface area contributed by atoms with Crippen LogP contribution in [0.2, 0.25) is 0 Å². The Morgan fingerprint density at radius 3 is 2.74 bits per heavy atom. The van der Waals surface area contributed by atoms with E-state index in [0.717, 1.165) is 38.0 Å². The predicted octanol–water partition coefficient (Wildman–Crippen LogP) is 1.79. The Kier molecular flexibility index (Phi) is 4.30. The van der Waals surface area contributed by atoms with E-state index in [1.807, 2.05) is 0 Å². The van der Waals surface area contributed by atoms with E-state index in [-0.39, 0.29) is 5.92 Å². The van der Waals surface area contributed by atoms with Crippen molar-refractivity contribution in [3.05, 3.63) is 11.9 Å². The SMILES string of the molecule is CCC(CC)N1CC[C@@H](c2[nH]ncc2S(C)(=O)=O)C1. The molecule has 0 amide bonds. The normalized spacial score (nSPS) is 21.4. The van der Waals surface area contributed by atoms with Gasteiger partial charge in [0, 0.05) is 24.8 Å². The summed E-state index contributed by atoms with van der Waals surface area (Å²) in [4.78, 5) is 2.83. The summed E-state index contributed by atoms with van der Waals surface area (Å²) in [5.74, 6) is 0.257. The number of nitrogens with zero attached hydrogens (tertiary/aromatic N) is 2. The minimum Gasteiger partial charge on any atom is -0.300 e. The van der Waals surface area contributed by atoms with E-state index >= 15 is 0 Å². The molecule has 1 aromatic rings. The first kappa shape index (κ1) is 14.5.